The smallest absolute Gasteiger partial charge is 0.137 e. The molecule has 0 radical (unpaired) electrons. The molecule has 0 bridgehead atoms. The predicted molar refractivity (Wildman–Crippen MR) is 82.4 cm³/mol. The van der Waals surface area contributed by atoms with E-state index in [4.69, 9.17) is 0 Å². The van der Waals surface area contributed by atoms with Crippen molar-refractivity contribution < 1.29 is 0 Å². The predicted octanol–water partition coefficient (Wildman–Crippen LogP) is 3.04. The largest absolute Gasteiger partial charge is 0.250 e. The van der Waals surface area contributed by atoms with Crippen molar-refractivity contribution in [3.05, 3.63) is 42.2 Å². The van der Waals surface area contributed by atoms with Crippen molar-refractivity contribution in [2.75, 3.05) is 0 Å². The average molecular weight is 273 g/mol. The minimum Gasteiger partial charge on any atom is -0.250 e. The van der Waals surface area contributed by atoms with Crippen molar-refractivity contribution >= 4 is 13.5 Å². The van der Waals surface area contributed by atoms with Gasteiger partial charge in [0.05, 0.1) is 6.54 Å². The molecular formula is C15H23N3Si. The van der Waals surface area contributed by atoms with Crippen LogP contribution in [0.15, 0.2) is 36.7 Å². The maximum atomic E-state index is 4.56. The van der Waals surface area contributed by atoms with Crippen LogP contribution in [0.3, 0.4) is 0 Å². The maximum absolute atomic E-state index is 4.56. The van der Waals surface area contributed by atoms with Crippen molar-refractivity contribution in [3.63, 3.8) is 0 Å². The van der Waals surface area contributed by atoms with Gasteiger partial charge in [0.15, 0.2) is 0 Å². The Labute approximate surface area is 116 Å². The van der Waals surface area contributed by atoms with E-state index in [2.05, 4.69) is 72.9 Å². The Hall–Kier alpha value is -1.42. The van der Waals surface area contributed by atoms with E-state index in [0.29, 0.717) is 0 Å². The summed E-state index contributed by atoms with van der Waals surface area (Å²) in [5, 5.41) is 4.70. The van der Waals surface area contributed by atoms with Crippen molar-refractivity contribution in [1.82, 2.24) is 14.8 Å². The normalized spacial score (nSPS) is 12.7. The second kappa shape index (κ2) is 4.93. The summed E-state index contributed by atoms with van der Waals surface area (Å²) in [5.41, 5.74) is 2.46. The van der Waals surface area contributed by atoms with Gasteiger partial charge in [0.2, 0.25) is 0 Å². The van der Waals surface area contributed by atoms with E-state index >= 15 is 0 Å². The molecule has 0 fully saturated rings. The summed E-state index contributed by atoms with van der Waals surface area (Å²) in [7, 11) is -1.64. The highest BCUT2D eigenvalue weighted by Crippen LogP contribution is 2.34. The summed E-state index contributed by atoms with van der Waals surface area (Å²) in [4.78, 5) is 4.56. The van der Waals surface area contributed by atoms with Crippen LogP contribution in [0.2, 0.25) is 18.1 Å². The monoisotopic (exact) mass is 273 g/mol. The molecule has 2 aromatic rings. The molecule has 0 unspecified atom stereocenters. The Morgan fingerprint density at radius 1 is 1.11 bits per heavy atom. The highest BCUT2D eigenvalue weighted by molar-refractivity contribution is 6.91. The Bertz CT molecular complexity index is 538. The quantitative estimate of drug-likeness (QED) is 0.805. The van der Waals surface area contributed by atoms with Gasteiger partial charge in [0.1, 0.15) is 19.8 Å². The third-order valence-electron chi connectivity index (χ3n) is 4.22. The molecule has 0 aliphatic rings. The van der Waals surface area contributed by atoms with Crippen LogP contribution in [0.25, 0.3) is 0 Å². The van der Waals surface area contributed by atoms with Gasteiger partial charge in [-0.25, -0.2) is 4.98 Å². The SMILES string of the molecule is CC(C)(C)[Si](C)(C)c1ncnn1Cc1ccccc1. The first-order valence-corrected chi connectivity index (χ1v) is 9.74. The van der Waals surface area contributed by atoms with E-state index in [1.807, 2.05) is 6.07 Å². The van der Waals surface area contributed by atoms with Gasteiger partial charge >= 0.3 is 0 Å². The van der Waals surface area contributed by atoms with Crippen molar-refractivity contribution in [1.29, 1.82) is 0 Å². The molecule has 0 amide bonds. The van der Waals surface area contributed by atoms with Gasteiger partial charge in [-0.05, 0) is 10.6 Å². The minimum absolute atomic E-state index is 0.272. The third kappa shape index (κ3) is 2.78. The highest BCUT2D eigenvalue weighted by atomic mass is 28.3. The molecule has 0 spiro atoms. The Balaban J connectivity index is 2.33. The molecule has 0 atom stereocenters. The number of hydrogen-bond donors (Lipinski definition) is 0. The van der Waals surface area contributed by atoms with E-state index < -0.39 is 8.07 Å². The van der Waals surface area contributed by atoms with E-state index in [1.165, 1.54) is 11.0 Å². The Morgan fingerprint density at radius 3 is 2.32 bits per heavy atom. The van der Waals surface area contributed by atoms with Crippen LogP contribution >= 0.6 is 0 Å². The zero-order chi connectivity index (χ0) is 14.1. The summed E-state index contributed by atoms with van der Waals surface area (Å²) in [5.74, 6) is 0. The molecule has 0 aliphatic carbocycles. The van der Waals surface area contributed by atoms with Crippen LogP contribution in [-0.2, 0) is 6.54 Å². The standard InChI is InChI=1S/C15H23N3Si/c1-15(2,3)19(4,5)14-16-12-17-18(14)11-13-9-7-6-8-10-13/h6-10,12H,11H2,1-5H3. The van der Waals surface area contributed by atoms with Crippen LogP contribution < -0.4 is 5.45 Å². The van der Waals surface area contributed by atoms with Crippen LogP contribution in [0, 0.1) is 0 Å². The first-order valence-electron chi connectivity index (χ1n) is 6.74. The number of nitrogens with zero attached hydrogens (tertiary/aromatic N) is 3. The van der Waals surface area contributed by atoms with Crippen LogP contribution in [-0.4, -0.2) is 22.8 Å². The molecule has 0 saturated heterocycles. The van der Waals surface area contributed by atoms with Gasteiger partial charge in [-0.3, -0.25) is 4.68 Å². The molecule has 0 N–H and O–H groups in total. The fourth-order valence-corrected chi connectivity index (χ4v) is 3.79. The summed E-state index contributed by atoms with van der Waals surface area (Å²) < 4.78 is 2.08. The lowest BCUT2D eigenvalue weighted by molar-refractivity contribution is 0.682. The molecule has 0 aliphatic heterocycles. The van der Waals surface area contributed by atoms with Gasteiger partial charge in [-0.1, -0.05) is 64.2 Å². The summed E-state index contributed by atoms with van der Waals surface area (Å²) in [6.45, 7) is 12.5. The van der Waals surface area contributed by atoms with E-state index in [9.17, 15) is 0 Å². The lowest BCUT2D eigenvalue weighted by Gasteiger charge is -2.35. The van der Waals surface area contributed by atoms with Crippen LogP contribution in [0.1, 0.15) is 26.3 Å². The number of benzene rings is 1. The Morgan fingerprint density at radius 2 is 1.74 bits per heavy atom. The summed E-state index contributed by atoms with van der Waals surface area (Å²) in [6, 6.07) is 10.4. The van der Waals surface area contributed by atoms with Crippen molar-refractivity contribution in [3.8, 4) is 0 Å². The van der Waals surface area contributed by atoms with Gasteiger partial charge < -0.3 is 0 Å². The number of hydrogen-bond acceptors (Lipinski definition) is 2. The van der Waals surface area contributed by atoms with E-state index in [1.54, 1.807) is 6.33 Å². The van der Waals surface area contributed by atoms with Crippen molar-refractivity contribution in [2.45, 2.75) is 45.4 Å². The van der Waals surface area contributed by atoms with Gasteiger partial charge in [-0.2, -0.15) is 5.10 Å². The lowest BCUT2D eigenvalue weighted by Crippen LogP contribution is -2.54. The molecule has 1 aromatic heterocycles. The minimum atomic E-state index is -1.64. The molecule has 3 nitrogen and oxygen atoms in total. The molecule has 102 valence electrons. The fraction of sp³-hybridized carbons (Fsp3) is 0.467. The van der Waals surface area contributed by atoms with Gasteiger partial charge in [0, 0.05) is 0 Å². The molecule has 19 heavy (non-hydrogen) atoms. The third-order valence-corrected chi connectivity index (χ3v) is 9.48. The first-order chi connectivity index (χ1) is 8.82. The summed E-state index contributed by atoms with van der Waals surface area (Å²) >= 11 is 0. The topological polar surface area (TPSA) is 30.7 Å². The van der Waals surface area contributed by atoms with Crippen LogP contribution in [0.5, 0.6) is 0 Å². The first kappa shape index (κ1) is 14.0. The average Bonchev–Trinajstić information content (AvgIpc) is 2.77. The second-order valence-corrected chi connectivity index (χ2v) is 11.8. The molecule has 1 heterocycles. The second-order valence-electron chi connectivity index (χ2n) is 6.60. The fourth-order valence-electron chi connectivity index (χ4n) is 1.96. The van der Waals surface area contributed by atoms with Crippen LogP contribution in [0.4, 0.5) is 0 Å². The van der Waals surface area contributed by atoms with E-state index in [-0.39, 0.29) is 5.04 Å². The zero-order valence-corrected chi connectivity index (χ0v) is 13.5. The summed E-state index contributed by atoms with van der Waals surface area (Å²) in [6.07, 6.45) is 1.69. The molecule has 4 heteroatoms. The molecule has 0 saturated carbocycles. The molecule has 2 rings (SSSR count). The number of aromatic nitrogens is 3. The lowest BCUT2D eigenvalue weighted by atomic mass is 10.2. The van der Waals surface area contributed by atoms with Gasteiger partial charge in [0.25, 0.3) is 0 Å². The maximum Gasteiger partial charge on any atom is 0.137 e. The number of rotatable bonds is 3. The molecular weight excluding hydrogens is 250 g/mol. The van der Waals surface area contributed by atoms with Crippen molar-refractivity contribution in [2.24, 2.45) is 0 Å². The zero-order valence-electron chi connectivity index (χ0n) is 12.5. The molecule has 1 aromatic carbocycles. The van der Waals surface area contributed by atoms with Gasteiger partial charge in [-0.15, -0.1) is 0 Å². The Kier molecular flexibility index (Phi) is 3.63. The van der Waals surface area contributed by atoms with E-state index in [0.717, 1.165) is 6.54 Å². The highest BCUT2D eigenvalue weighted by Gasteiger charge is 2.40.